The van der Waals surface area contributed by atoms with E-state index in [-0.39, 0.29) is 35.6 Å². The Kier molecular flexibility index (Phi) is 5.22. The van der Waals surface area contributed by atoms with Gasteiger partial charge in [-0.05, 0) is 36.2 Å². The number of hydrogen-bond acceptors (Lipinski definition) is 3. The second kappa shape index (κ2) is 7.74. The van der Waals surface area contributed by atoms with Crippen LogP contribution in [0.1, 0.15) is 34.6 Å². The second-order valence-corrected chi connectivity index (χ2v) is 5.95. The van der Waals surface area contributed by atoms with E-state index in [0.717, 1.165) is 11.1 Å². The Hall–Kier alpha value is -3.28. The van der Waals surface area contributed by atoms with Gasteiger partial charge >= 0.3 is 0 Å². The van der Waals surface area contributed by atoms with Gasteiger partial charge in [0.05, 0.1) is 12.6 Å². The summed E-state index contributed by atoms with van der Waals surface area (Å²) in [7, 11) is 0. The molecule has 2 aromatic carbocycles. The lowest BCUT2D eigenvalue weighted by molar-refractivity contribution is 0.0932. The number of benzene rings is 2. The van der Waals surface area contributed by atoms with Gasteiger partial charge in [0.15, 0.2) is 0 Å². The highest BCUT2D eigenvalue weighted by molar-refractivity contribution is 5.92. The number of aromatic nitrogens is 2. The summed E-state index contributed by atoms with van der Waals surface area (Å²) in [6.45, 7) is 2.04. The van der Waals surface area contributed by atoms with Crippen LogP contribution in [0.4, 0.5) is 4.39 Å². The minimum Gasteiger partial charge on any atom is -0.344 e. The van der Waals surface area contributed by atoms with Crippen LogP contribution in [0, 0.1) is 5.82 Å². The maximum atomic E-state index is 13.0. The fraction of sp³-hybridized carbons (Fsp3) is 0.150. The van der Waals surface area contributed by atoms with Crippen LogP contribution >= 0.6 is 0 Å². The molecule has 26 heavy (non-hydrogen) atoms. The molecule has 132 valence electrons. The number of carbonyl (C=O) groups is 1. The maximum absolute atomic E-state index is 13.0. The molecule has 1 aromatic heterocycles. The Bertz CT molecular complexity index is 953. The highest BCUT2D eigenvalue weighted by atomic mass is 19.1. The SMILES string of the molecule is C[C@H](NC(=O)c1ccc(=O)n(Cc2ccc(F)cc2)n1)c1ccccc1. The van der Waals surface area contributed by atoms with Gasteiger partial charge in [0, 0.05) is 6.07 Å². The molecule has 0 aliphatic heterocycles. The Morgan fingerprint density at radius 3 is 2.46 bits per heavy atom. The molecular formula is C20H18FN3O2. The van der Waals surface area contributed by atoms with Crippen molar-refractivity contribution in [1.29, 1.82) is 0 Å². The van der Waals surface area contributed by atoms with E-state index in [4.69, 9.17) is 0 Å². The zero-order valence-corrected chi connectivity index (χ0v) is 14.2. The molecule has 0 aliphatic rings. The van der Waals surface area contributed by atoms with Crippen LogP contribution in [0.2, 0.25) is 0 Å². The first-order chi connectivity index (χ1) is 12.5. The fourth-order valence-corrected chi connectivity index (χ4v) is 2.54. The van der Waals surface area contributed by atoms with Crippen LogP contribution in [-0.2, 0) is 6.54 Å². The van der Waals surface area contributed by atoms with Gasteiger partial charge in [-0.25, -0.2) is 9.07 Å². The van der Waals surface area contributed by atoms with Gasteiger partial charge in [0.25, 0.3) is 11.5 Å². The molecule has 1 amide bonds. The number of halogens is 1. The molecule has 0 saturated heterocycles. The van der Waals surface area contributed by atoms with Crippen molar-refractivity contribution in [2.45, 2.75) is 19.5 Å². The molecule has 3 rings (SSSR count). The monoisotopic (exact) mass is 351 g/mol. The van der Waals surface area contributed by atoms with Crippen molar-refractivity contribution >= 4 is 5.91 Å². The van der Waals surface area contributed by atoms with E-state index in [1.54, 1.807) is 12.1 Å². The molecule has 0 unspecified atom stereocenters. The quantitative estimate of drug-likeness (QED) is 0.769. The first kappa shape index (κ1) is 17.5. The lowest BCUT2D eigenvalue weighted by Gasteiger charge is -2.14. The summed E-state index contributed by atoms with van der Waals surface area (Å²) in [5.74, 6) is -0.716. The lowest BCUT2D eigenvalue weighted by atomic mass is 10.1. The number of hydrogen-bond donors (Lipinski definition) is 1. The number of nitrogens with zero attached hydrogens (tertiary/aromatic N) is 2. The third-order valence-corrected chi connectivity index (χ3v) is 3.99. The van der Waals surface area contributed by atoms with E-state index in [1.165, 1.54) is 28.9 Å². The van der Waals surface area contributed by atoms with Crippen molar-refractivity contribution in [3.8, 4) is 0 Å². The van der Waals surface area contributed by atoms with Crippen molar-refractivity contribution in [1.82, 2.24) is 15.1 Å². The van der Waals surface area contributed by atoms with Crippen LogP contribution in [0.15, 0.2) is 71.5 Å². The molecule has 5 nitrogen and oxygen atoms in total. The topological polar surface area (TPSA) is 64.0 Å². The van der Waals surface area contributed by atoms with Gasteiger partial charge in [-0.1, -0.05) is 42.5 Å². The van der Waals surface area contributed by atoms with Gasteiger partial charge < -0.3 is 5.32 Å². The molecule has 3 aromatic rings. The summed E-state index contributed by atoms with van der Waals surface area (Å²) in [5, 5.41) is 7.00. The number of nitrogens with one attached hydrogen (secondary N) is 1. The third kappa shape index (κ3) is 4.22. The summed E-state index contributed by atoms with van der Waals surface area (Å²) < 4.78 is 14.2. The molecule has 1 heterocycles. The number of carbonyl (C=O) groups excluding carboxylic acids is 1. The van der Waals surface area contributed by atoms with Crippen LogP contribution < -0.4 is 10.9 Å². The number of amides is 1. The zero-order valence-electron chi connectivity index (χ0n) is 14.2. The van der Waals surface area contributed by atoms with Crippen molar-refractivity contribution < 1.29 is 9.18 Å². The molecule has 6 heteroatoms. The van der Waals surface area contributed by atoms with Crippen LogP contribution in [-0.4, -0.2) is 15.7 Å². The highest BCUT2D eigenvalue weighted by Gasteiger charge is 2.14. The first-order valence-corrected chi connectivity index (χ1v) is 8.21. The Morgan fingerprint density at radius 1 is 1.08 bits per heavy atom. The average molecular weight is 351 g/mol. The van der Waals surface area contributed by atoms with Gasteiger partial charge in [-0.3, -0.25) is 9.59 Å². The molecule has 0 spiro atoms. The fourth-order valence-electron chi connectivity index (χ4n) is 2.54. The van der Waals surface area contributed by atoms with Gasteiger partial charge in [-0.15, -0.1) is 0 Å². The van der Waals surface area contributed by atoms with Crippen molar-refractivity contribution in [2.24, 2.45) is 0 Å². The Balaban J connectivity index is 1.77. The van der Waals surface area contributed by atoms with Gasteiger partial charge in [-0.2, -0.15) is 5.10 Å². The van der Waals surface area contributed by atoms with Gasteiger partial charge in [0.1, 0.15) is 11.5 Å². The van der Waals surface area contributed by atoms with Crippen molar-refractivity contribution in [2.75, 3.05) is 0 Å². The van der Waals surface area contributed by atoms with Gasteiger partial charge in [0.2, 0.25) is 0 Å². The molecule has 1 N–H and O–H groups in total. The molecule has 1 atom stereocenters. The largest absolute Gasteiger partial charge is 0.344 e. The molecular weight excluding hydrogens is 333 g/mol. The molecule has 0 radical (unpaired) electrons. The van der Waals surface area contributed by atoms with Crippen molar-refractivity contribution in [3.05, 3.63) is 99.7 Å². The summed E-state index contributed by atoms with van der Waals surface area (Å²) in [4.78, 5) is 24.5. The predicted octanol–water partition coefficient (Wildman–Crippen LogP) is 2.92. The molecule has 0 aliphatic carbocycles. The predicted molar refractivity (Wildman–Crippen MR) is 96.3 cm³/mol. The summed E-state index contributed by atoms with van der Waals surface area (Å²) in [6.07, 6.45) is 0. The molecule has 0 saturated carbocycles. The Morgan fingerprint density at radius 2 is 1.77 bits per heavy atom. The Labute approximate surface area is 150 Å². The molecule has 0 bridgehead atoms. The minimum atomic E-state index is -0.366. The van der Waals surface area contributed by atoms with Crippen LogP contribution in [0.5, 0.6) is 0 Å². The summed E-state index contributed by atoms with van der Waals surface area (Å²) in [5.41, 5.74) is 1.51. The summed E-state index contributed by atoms with van der Waals surface area (Å²) in [6, 6.07) is 17.9. The zero-order chi connectivity index (χ0) is 18.5. The maximum Gasteiger partial charge on any atom is 0.272 e. The van der Waals surface area contributed by atoms with E-state index in [0.29, 0.717) is 0 Å². The third-order valence-electron chi connectivity index (χ3n) is 3.99. The highest BCUT2D eigenvalue weighted by Crippen LogP contribution is 2.11. The average Bonchev–Trinajstić information content (AvgIpc) is 2.66. The van der Waals surface area contributed by atoms with E-state index >= 15 is 0 Å². The van der Waals surface area contributed by atoms with Crippen LogP contribution in [0.3, 0.4) is 0 Å². The van der Waals surface area contributed by atoms with Crippen LogP contribution in [0.25, 0.3) is 0 Å². The standard InChI is InChI=1S/C20H18FN3O2/c1-14(16-5-3-2-4-6-16)22-20(26)18-11-12-19(25)24(23-18)13-15-7-9-17(21)10-8-15/h2-12,14H,13H2,1H3,(H,22,26)/t14-/m0/s1. The van der Waals surface area contributed by atoms with E-state index < -0.39 is 0 Å². The van der Waals surface area contributed by atoms with E-state index in [9.17, 15) is 14.0 Å². The van der Waals surface area contributed by atoms with E-state index in [2.05, 4.69) is 10.4 Å². The minimum absolute atomic E-state index is 0.148. The lowest BCUT2D eigenvalue weighted by Crippen LogP contribution is -2.31. The smallest absolute Gasteiger partial charge is 0.272 e. The first-order valence-electron chi connectivity index (χ1n) is 8.21. The normalized spacial score (nSPS) is 11.8. The number of rotatable bonds is 5. The summed E-state index contributed by atoms with van der Waals surface area (Å²) >= 11 is 0. The van der Waals surface area contributed by atoms with Crippen molar-refractivity contribution in [3.63, 3.8) is 0 Å². The second-order valence-electron chi connectivity index (χ2n) is 5.95. The molecule has 0 fully saturated rings. The van der Waals surface area contributed by atoms with E-state index in [1.807, 2.05) is 37.3 Å².